The van der Waals surface area contributed by atoms with Gasteiger partial charge in [-0.15, -0.1) is 0 Å². The quantitative estimate of drug-likeness (QED) is 0.874. The number of benzene rings is 1. The number of nitrogens with one attached hydrogen (secondary N) is 2. The standard InChI is InChI=1S/C19H22FN5O/c1-24-17-5-3-2-4-14(17)15(9-21)19(24)25-7-6-13(11-25)23-18(26)16-8-12(20)10-22-16/h2-5,12-13,16,22H,6-8,10-11H2,1H3,(H,23,26)/t12-,13-,16-/m0/s1. The number of aryl methyl sites for hydroxylation is 1. The van der Waals surface area contributed by atoms with Crippen LogP contribution in [0.4, 0.5) is 10.2 Å². The number of rotatable bonds is 3. The van der Waals surface area contributed by atoms with Gasteiger partial charge in [0.25, 0.3) is 0 Å². The minimum absolute atomic E-state index is 0.00696. The maximum atomic E-state index is 13.3. The van der Waals surface area contributed by atoms with Crippen molar-refractivity contribution in [3.8, 4) is 6.07 Å². The van der Waals surface area contributed by atoms with Crippen LogP contribution in [0, 0.1) is 11.3 Å². The molecule has 2 fully saturated rings. The highest BCUT2D eigenvalue weighted by molar-refractivity contribution is 5.93. The summed E-state index contributed by atoms with van der Waals surface area (Å²) >= 11 is 0. The predicted molar refractivity (Wildman–Crippen MR) is 97.7 cm³/mol. The molecule has 0 radical (unpaired) electrons. The second kappa shape index (κ2) is 6.61. The fraction of sp³-hybridized carbons (Fsp3) is 0.474. The van der Waals surface area contributed by atoms with Crippen LogP contribution in [-0.4, -0.2) is 48.4 Å². The van der Waals surface area contributed by atoms with Crippen molar-refractivity contribution in [3.63, 3.8) is 0 Å². The van der Waals surface area contributed by atoms with Crippen molar-refractivity contribution >= 4 is 22.6 Å². The minimum atomic E-state index is -0.945. The van der Waals surface area contributed by atoms with Gasteiger partial charge in [-0.2, -0.15) is 5.26 Å². The number of hydrogen-bond acceptors (Lipinski definition) is 4. The van der Waals surface area contributed by atoms with Gasteiger partial charge in [-0.25, -0.2) is 4.39 Å². The molecule has 3 atom stereocenters. The van der Waals surface area contributed by atoms with Crippen molar-refractivity contribution < 1.29 is 9.18 Å². The molecule has 1 aromatic heterocycles. The van der Waals surface area contributed by atoms with E-state index in [1.54, 1.807) is 0 Å². The summed E-state index contributed by atoms with van der Waals surface area (Å²) in [6, 6.07) is 9.78. The van der Waals surface area contributed by atoms with Gasteiger partial charge in [0.1, 0.15) is 23.6 Å². The first-order valence-corrected chi connectivity index (χ1v) is 8.98. The number of nitriles is 1. The highest BCUT2D eigenvalue weighted by Crippen LogP contribution is 2.33. The Hall–Kier alpha value is -2.59. The number of aromatic nitrogens is 1. The van der Waals surface area contributed by atoms with Gasteiger partial charge in [-0.1, -0.05) is 18.2 Å². The molecule has 0 bridgehead atoms. The number of carbonyl (C=O) groups is 1. The zero-order valence-corrected chi connectivity index (χ0v) is 14.7. The number of fused-ring (bicyclic) bond motifs is 1. The van der Waals surface area contributed by atoms with Gasteiger partial charge in [0, 0.05) is 44.5 Å². The molecule has 7 heteroatoms. The van der Waals surface area contributed by atoms with Crippen molar-refractivity contribution in [2.75, 3.05) is 24.5 Å². The number of alkyl halides is 1. The van der Waals surface area contributed by atoms with Crippen LogP contribution in [0.3, 0.4) is 0 Å². The molecule has 2 aromatic rings. The van der Waals surface area contributed by atoms with Crippen molar-refractivity contribution in [3.05, 3.63) is 29.8 Å². The summed E-state index contributed by atoms with van der Waals surface area (Å²) in [5, 5.41) is 16.6. The molecule has 2 saturated heterocycles. The highest BCUT2D eigenvalue weighted by atomic mass is 19.1. The van der Waals surface area contributed by atoms with Gasteiger partial charge in [0.2, 0.25) is 5.91 Å². The maximum Gasteiger partial charge on any atom is 0.237 e. The molecule has 0 saturated carbocycles. The Morgan fingerprint density at radius 2 is 2.23 bits per heavy atom. The number of halogens is 1. The molecule has 2 aliphatic rings. The Labute approximate surface area is 151 Å². The van der Waals surface area contributed by atoms with Gasteiger partial charge in [-0.05, 0) is 12.5 Å². The summed E-state index contributed by atoms with van der Waals surface area (Å²) in [5.74, 6) is 0.766. The summed E-state index contributed by atoms with van der Waals surface area (Å²) in [6.07, 6.45) is 0.105. The molecule has 3 heterocycles. The third-order valence-corrected chi connectivity index (χ3v) is 5.42. The lowest BCUT2D eigenvalue weighted by Gasteiger charge is -2.21. The molecule has 0 aliphatic carbocycles. The van der Waals surface area contributed by atoms with Crippen LogP contribution in [0.2, 0.25) is 0 Å². The van der Waals surface area contributed by atoms with E-state index in [1.807, 2.05) is 35.9 Å². The second-order valence-corrected chi connectivity index (χ2v) is 7.12. The molecule has 136 valence electrons. The molecular weight excluding hydrogens is 333 g/mol. The number of anilines is 1. The van der Waals surface area contributed by atoms with Gasteiger partial charge in [-0.3, -0.25) is 4.79 Å². The lowest BCUT2D eigenvalue weighted by molar-refractivity contribution is -0.123. The molecule has 1 aromatic carbocycles. The summed E-state index contributed by atoms with van der Waals surface area (Å²) in [4.78, 5) is 14.5. The average molecular weight is 355 g/mol. The number of hydrogen-bond donors (Lipinski definition) is 2. The summed E-state index contributed by atoms with van der Waals surface area (Å²) in [6.45, 7) is 1.67. The first kappa shape index (κ1) is 16.9. The SMILES string of the molecule is Cn1c(N2CC[C@H](NC(=O)[C@@H]3C[C@H](F)CN3)C2)c(C#N)c2ccccc21. The van der Waals surface area contributed by atoms with E-state index in [2.05, 4.69) is 21.6 Å². The van der Waals surface area contributed by atoms with Crippen LogP contribution < -0.4 is 15.5 Å². The van der Waals surface area contributed by atoms with Gasteiger partial charge < -0.3 is 20.1 Å². The Bertz CT molecular complexity index is 886. The Morgan fingerprint density at radius 1 is 1.42 bits per heavy atom. The fourth-order valence-corrected chi connectivity index (χ4v) is 4.12. The molecule has 4 rings (SSSR count). The molecule has 2 aliphatic heterocycles. The van der Waals surface area contributed by atoms with Gasteiger partial charge in [0.15, 0.2) is 0 Å². The van der Waals surface area contributed by atoms with Crippen molar-refractivity contribution in [1.82, 2.24) is 15.2 Å². The van der Waals surface area contributed by atoms with Crippen LogP contribution in [0.5, 0.6) is 0 Å². The average Bonchev–Trinajstić information content (AvgIpc) is 3.33. The molecule has 2 N–H and O–H groups in total. The van der Waals surface area contributed by atoms with E-state index in [-0.39, 0.29) is 24.9 Å². The summed E-state index contributed by atoms with van der Waals surface area (Å²) < 4.78 is 15.3. The number of para-hydroxylation sites is 1. The van der Waals surface area contributed by atoms with Gasteiger partial charge >= 0.3 is 0 Å². The summed E-state index contributed by atoms with van der Waals surface area (Å²) in [5.41, 5.74) is 1.70. The third kappa shape index (κ3) is 2.80. The van der Waals surface area contributed by atoms with E-state index >= 15 is 0 Å². The fourth-order valence-electron chi connectivity index (χ4n) is 4.12. The van der Waals surface area contributed by atoms with E-state index in [0.717, 1.165) is 29.7 Å². The zero-order chi connectivity index (χ0) is 18.3. The van der Waals surface area contributed by atoms with Crippen LogP contribution in [0.15, 0.2) is 24.3 Å². The largest absolute Gasteiger partial charge is 0.355 e. The lowest BCUT2D eigenvalue weighted by atomic mass is 10.2. The van der Waals surface area contributed by atoms with E-state index in [4.69, 9.17) is 0 Å². The molecule has 1 amide bonds. The van der Waals surface area contributed by atoms with Crippen molar-refractivity contribution in [2.24, 2.45) is 7.05 Å². The molecule has 26 heavy (non-hydrogen) atoms. The van der Waals surface area contributed by atoms with Crippen LogP contribution in [0.25, 0.3) is 10.9 Å². The lowest BCUT2D eigenvalue weighted by Crippen LogP contribution is -2.46. The zero-order valence-electron chi connectivity index (χ0n) is 14.7. The van der Waals surface area contributed by atoms with E-state index in [0.29, 0.717) is 12.1 Å². The highest BCUT2D eigenvalue weighted by Gasteiger charge is 2.33. The van der Waals surface area contributed by atoms with Crippen LogP contribution >= 0.6 is 0 Å². The number of amides is 1. The maximum absolute atomic E-state index is 13.3. The molecule has 6 nitrogen and oxygen atoms in total. The first-order valence-electron chi connectivity index (χ1n) is 8.98. The normalized spacial score (nSPS) is 25.6. The third-order valence-electron chi connectivity index (χ3n) is 5.42. The Kier molecular flexibility index (Phi) is 4.29. The summed E-state index contributed by atoms with van der Waals surface area (Å²) in [7, 11) is 1.97. The minimum Gasteiger partial charge on any atom is -0.355 e. The van der Waals surface area contributed by atoms with Crippen molar-refractivity contribution in [2.45, 2.75) is 31.1 Å². The molecular formula is C19H22FN5O. The van der Waals surface area contributed by atoms with E-state index < -0.39 is 12.2 Å². The molecule has 0 unspecified atom stereocenters. The first-order chi connectivity index (χ1) is 12.6. The Balaban J connectivity index is 1.51. The van der Waals surface area contributed by atoms with Crippen molar-refractivity contribution in [1.29, 1.82) is 5.26 Å². The topological polar surface area (TPSA) is 73.1 Å². The Morgan fingerprint density at radius 3 is 2.96 bits per heavy atom. The van der Waals surface area contributed by atoms with Crippen LogP contribution in [-0.2, 0) is 11.8 Å². The van der Waals surface area contributed by atoms with Crippen LogP contribution in [0.1, 0.15) is 18.4 Å². The van der Waals surface area contributed by atoms with E-state index in [9.17, 15) is 14.4 Å². The van der Waals surface area contributed by atoms with Gasteiger partial charge in [0.05, 0.1) is 11.6 Å². The smallest absolute Gasteiger partial charge is 0.237 e. The molecule has 0 spiro atoms. The number of nitrogens with zero attached hydrogens (tertiary/aromatic N) is 3. The monoisotopic (exact) mass is 355 g/mol. The second-order valence-electron chi connectivity index (χ2n) is 7.12. The predicted octanol–water partition coefficient (Wildman–Crippen LogP) is 1.44. The number of carbonyl (C=O) groups excluding carboxylic acids is 1. The van der Waals surface area contributed by atoms with E-state index in [1.165, 1.54) is 0 Å².